The highest BCUT2D eigenvalue weighted by Gasteiger charge is 2.47. The van der Waals surface area contributed by atoms with Crippen molar-refractivity contribution < 1.29 is 34.4 Å². The number of ether oxygens (including phenoxy) is 2. The molecule has 2 amide bonds. The van der Waals surface area contributed by atoms with Gasteiger partial charge in [-0.3, -0.25) is 9.59 Å². The summed E-state index contributed by atoms with van der Waals surface area (Å²) in [6.45, 7) is 0. The van der Waals surface area contributed by atoms with Crippen LogP contribution in [0.5, 0.6) is 5.88 Å². The number of carbonyl (C=O) groups excluding carboxylic acids is 2. The fraction of sp³-hybridized carbons (Fsp3) is 0.500. The Balaban J connectivity index is 2.20. The van der Waals surface area contributed by atoms with Crippen molar-refractivity contribution in [1.82, 2.24) is 9.97 Å². The van der Waals surface area contributed by atoms with E-state index in [0.29, 0.717) is 0 Å². The number of amides is 2. The molecule has 0 radical (unpaired) electrons. The lowest BCUT2D eigenvalue weighted by molar-refractivity contribution is -0.266. The quantitative estimate of drug-likeness (QED) is 0.325. The number of primary amides is 2. The molecule has 0 spiro atoms. The lowest BCUT2D eigenvalue weighted by Gasteiger charge is -2.38. The van der Waals surface area contributed by atoms with Crippen LogP contribution >= 0.6 is 0 Å². The molecule has 1 fully saturated rings. The highest BCUT2D eigenvalue weighted by Crippen LogP contribution is 2.24. The van der Waals surface area contributed by atoms with Crippen LogP contribution in [0.25, 0.3) is 0 Å². The third-order valence-electron chi connectivity index (χ3n) is 2.93. The molecule has 0 saturated carbocycles. The van der Waals surface area contributed by atoms with Gasteiger partial charge in [0, 0.05) is 0 Å². The van der Waals surface area contributed by atoms with E-state index in [1.54, 1.807) is 0 Å². The van der Waals surface area contributed by atoms with Gasteiger partial charge in [-0.25, -0.2) is 4.98 Å². The van der Waals surface area contributed by atoms with Crippen LogP contribution in [0.2, 0.25) is 0 Å². The van der Waals surface area contributed by atoms with E-state index < -0.39 is 42.5 Å². The summed E-state index contributed by atoms with van der Waals surface area (Å²) >= 11 is 0. The van der Waals surface area contributed by atoms with Crippen LogP contribution in [0, 0.1) is 0 Å². The normalized spacial score (nSPS) is 32.6. The Labute approximate surface area is 117 Å². The Bertz CT molecular complexity index is 547. The van der Waals surface area contributed by atoms with Crippen molar-refractivity contribution in [1.29, 1.82) is 0 Å². The van der Waals surface area contributed by atoms with Crippen molar-refractivity contribution in [2.75, 3.05) is 0 Å². The fourth-order valence-corrected chi connectivity index (χ4v) is 1.84. The molecular weight excluding hydrogens is 288 g/mol. The number of H-pyrrole nitrogens is 1. The average Bonchev–Trinajstić information content (AvgIpc) is 2.87. The molecule has 1 aromatic heterocycles. The Kier molecular flexibility index (Phi) is 4.09. The monoisotopic (exact) mass is 302 g/mol. The third kappa shape index (κ3) is 2.80. The smallest absolute Gasteiger partial charge is 0.270 e. The maximum absolute atomic E-state index is 11.1. The molecule has 11 heteroatoms. The van der Waals surface area contributed by atoms with E-state index in [1.165, 1.54) is 0 Å². The van der Waals surface area contributed by atoms with E-state index in [4.69, 9.17) is 20.9 Å². The highest BCUT2D eigenvalue weighted by atomic mass is 16.7. The number of rotatable bonds is 4. The van der Waals surface area contributed by atoms with Crippen LogP contribution in [0.1, 0.15) is 10.5 Å². The molecule has 2 rings (SSSR count). The van der Waals surface area contributed by atoms with Gasteiger partial charge in [0.25, 0.3) is 5.91 Å². The highest BCUT2D eigenvalue weighted by molar-refractivity contribution is 5.93. The zero-order chi connectivity index (χ0) is 15.7. The van der Waals surface area contributed by atoms with Gasteiger partial charge in [0.1, 0.15) is 18.3 Å². The van der Waals surface area contributed by atoms with Crippen LogP contribution in [0.3, 0.4) is 0 Å². The van der Waals surface area contributed by atoms with Gasteiger partial charge in [-0.2, -0.15) is 0 Å². The number of aliphatic hydroxyl groups excluding tert-OH is 3. The minimum absolute atomic E-state index is 0.193. The second-order valence-corrected chi connectivity index (χ2v) is 4.36. The molecule has 1 aliphatic heterocycles. The van der Waals surface area contributed by atoms with E-state index in [2.05, 4.69) is 9.97 Å². The first kappa shape index (κ1) is 15.2. The van der Waals surface area contributed by atoms with E-state index in [0.717, 1.165) is 6.33 Å². The first-order valence-electron chi connectivity index (χ1n) is 5.81. The summed E-state index contributed by atoms with van der Waals surface area (Å²) in [6, 6.07) is 0. The molecule has 21 heavy (non-hydrogen) atoms. The molecule has 0 aliphatic carbocycles. The van der Waals surface area contributed by atoms with Crippen molar-refractivity contribution >= 4 is 11.8 Å². The van der Waals surface area contributed by atoms with Crippen molar-refractivity contribution in [3.8, 4) is 5.88 Å². The summed E-state index contributed by atoms with van der Waals surface area (Å²) in [5.74, 6) is -2.22. The van der Waals surface area contributed by atoms with Crippen molar-refractivity contribution in [3.63, 3.8) is 0 Å². The molecule has 1 aromatic rings. The van der Waals surface area contributed by atoms with Gasteiger partial charge in [-0.1, -0.05) is 0 Å². The van der Waals surface area contributed by atoms with Crippen molar-refractivity contribution in [2.45, 2.75) is 30.7 Å². The standard InChI is InChI=1S/C10H14N4O7/c11-7(18)2-9(14-1-13-2)21-10-5(17)3(15)4(16)6(20-10)8(12)19/h1,3-6,10,15-17H,(H2,11,18)(H2,12,19)(H,13,14)/t3-,4-,5+,6-,10-/m0/s1. The zero-order valence-electron chi connectivity index (χ0n) is 10.5. The van der Waals surface area contributed by atoms with Crippen LogP contribution in [-0.4, -0.2) is 67.8 Å². The topological polar surface area (TPSA) is 194 Å². The predicted molar refractivity (Wildman–Crippen MR) is 63.6 cm³/mol. The van der Waals surface area contributed by atoms with Gasteiger partial charge in [-0.15, -0.1) is 0 Å². The molecule has 116 valence electrons. The molecule has 1 aliphatic rings. The second kappa shape index (κ2) is 5.65. The van der Waals surface area contributed by atoms with Gasteiger partial charge in [0.15, 0.2) is 11.8 Å². The van der Waals surface area contributed by atoms with E-state index in [1.807, 2.05) is 0 Å². The van der Waals surface area contributed by atoms with Crippen LogP contribution < -0.4 is 16.2 Å². The summed E-state index contributed by atoms with van der Waals surface area (Å²) in [7, 11) is 0. The second-order valence-electron chi connectivity index (χ2n) is 4.36. The number of aliphatic hydroxyl groups is 3. The minimum Gasteiger partial charge on any atom is -0.443 e. The number of aromatic amines is 1. The molecule has 0 bridgehead atoms. The zero-order valence-corrected chi connectivity index (χ0v) is 10.5. The summed E-state index contributed by atoms with van der Waals surface area (Å²) < 4.78 is 10.1. The Morgan fingerprint density at radius 1 is 1.24 bits per heavy atom. The Morgan fingerprint density at radius 2 is 1.90 bits per heavy atom. The molecule has 0 unspecified atom stereocenters. The number of nitrogens with zero attached hydrogens (tertiary/aromatic N) is 1. The van der Waals surface area contributed by atoms with E-state index >= 15 is 0 Å². The van der Waals surface area contributed by atoms with Crippen LogP contribution in [-0.2, 0) is 9.53 Å². The average molecular weight is 302 g/mol. The van der Waals surface area contributed by atoms with Crippen LogP contribution in [0.15, 0.2) is 6.33 Å². The molecule has 5 atom stereocenters. The molecule has 11 nitrogen and oxygen atoms in total. The fourth-order valence-electron chi connectivity index (χ4n) is 1.84. The minimum atomic E-state index is -1.74. The number of hydrogen-bond donors (Lipinski definition) is 6. The first-order valence-corrected chi connectivity index (χ1v) is 5.81. The summed E-state index contributed by atoms with van der Waals surface area (Å²) in [6.07, 6.45) is -7.22. The van der Waals surface area contributed by atoms with Crippen molar-refractivity contribution in [3.05, 3.63) is 12.0 Å². The van der Waals surface area contributed by atoms with Gasteiger partial charge in [-0.05, 0) is 0 Å². The lowest BCUT2D eigenvalue weighted by atomic mass is 9.98. The number of imidazole rings is 1. The number of hydrogen-bond acceptors (Lipinski definition) is 8. The maximum Gasteiger partial charge on any atom is 0.270 e. The lowest BCUT2D eigenvalue weighted by Crippen LogP contribution is -2.62. The Morgan fingerprint density at radius 3 is 2.48 bits per heavy atom. The molecular formula is C10H14N4O7. The first-order chi connectivity index (χ1) is 9.82. The number of nitrogens with one attached hydrogen (secondary N) is 1. The van der Waals surface area contributed by atoms with E-state index in [-0.39, 0.29) is 11.6 Å². The largest absolute Gasteiger partial charge is 0.443 e. The maximum atomic E-state index is 11.1. The van der Waals surface area contributed by atoms with E-state index in [9.17, 15) is 24.9 Å². The third-order valence-corrected chi connectivity index (χ3v) is 2.93. The summed E-state index contributed by atoms with van der Waals surface area (Å²) in [5.41, 5.74) is 9.88. The number of aromatic nitrogens is 2. The predicted octanol–water partition coefficient (Wildman–Crippen LogP) is -3.82. The van der Waals surface area contributed by atoms with Crippen LogP contribution in [0.4, 0.5) is 0 Å². The van der Waals surface area contributed by atoms with Gasteiger partial charge in [0.2, 0.25) is 18.1 Å². The molecule has 1 saturated heterocycles. The van der Waals surface area contributed by atoms with Gasteiger partial charge < -0.3 is 41.2 Å². The number of carbonyl (C=O) groups is 2. The van der Waals surface area contributed by atoms with Gasteiger partial charge in [0.05, 0.1) is 6.33 Å². The Hall–Kier alpha value is -2.21. The summed E-state index contributed by atoms with van der Waals surface area (Å²) in [5, 5.41) is 29.0. The van der Waals surface area contributed by atoms with Crippen molar-refractivity contribution in [2.24, 2.45) is 11.5 Å². The van der Waals surface area contributed by atoms with Gasteiger partial charge >= 0.3 is 0 Å². The summed E-state index contributed by atoms with van der Waals surface area (Å²) in [4.78, 5) is 28.3. The molecule has 8 N–H and O–H groups in total. The molecule has 2 heterocycles. The molecule has 0 aromatic carbocycles. The number of nitrogens with two attached hydrogens (primary N) is 2. The SMILES string of the molecule is NC(=O)c1[nH]cnc1O[C@@H]1O[C@H](C(N)=O)[C@@H](O)[C@H](O)[C@H]1O.